The average Bonchev–Trinajstić information content (AvgIpc) is 2.41. The van der Waals surface area contributed by atoms with Gasteiger partial charge >= 0.3 is 0 Å². The van der Waals surface area contributed by atoms with Gasteiger partial charge in [0.15, 0.2) is 5.78 Å². The first-order valence-electron chi connectivity index (χ1n) is 6.13. The van der Waals surface area contributed by atoms with Gasteiger partial charge in [-0.3, -0.25) is 4.79 Å². The Hall–Kier alpha value is -1.75. The van der Waals surface area contributed by atoms with Crippen LogP contribution in [0.1, 0.15) is 6.92 Å². The summed E-state index contributed by atoms with van der Waals surface area (Å²) >= 11 is 1.61. The monoisotopic (exact) mass is 293 g/mol. The minimum atomic E-state index is -0.607. The van der Waals surface area contributed by atoms with E-state index in [2.05, 4.69) is 0 Å². The normalized spacial score (nSPS) is 18.4. The fourth-order valence-electron chi connectivity index (χ4n) is 1.96. The molecule has 3 nitrogen and oxygen atoms in total. The van der Waals surface area contributed by atoms with E-state index >= 15 is 0 Å². The van der Waals surface area contributed by atoms with Gasteiger partial charge in [-0.25, -0.2) is 4.39 Å². The lowest BCUT2D eigenvalue weighted by Gasteiger charge is -2.31. The summed E-state index contributed by atoms with van der Waals surface area (Å²) in [5, 5.41) is 0. The van der Waals surface area contributed by atoms with Crippen molar-refractivity contribution in [2.24, 2.45) is 0 Å². The molecule has 0 aliphatic carbocycles. The third kappa shape index (κ3) is 3.22. The lowest BCUT2D eigenvalue weighted by molar-refractivity contribution is -0.115. The third-order valence-electron chi connectivity index (χ3n) is 2.95. The fourth-order valence-corrected chi connectivity index (χ4v) is 2.41. The lowest BCUT2D eigenvalue weighted by atomic mass is 10.1. The van der Waals surface area contributed by atoms with Crippen LogP contribution in [0, 0.1) is 0 Å². The largest absolute Gasteiger partial charge is 0.466 e. The molecule has 106 valence electrons. The molecule has 0 radical (unpaired) electrons. The number of nitrogens with zero attached hydrogens (tertiary/aromatic N) is 1. The Kier molecular flexibility index (Phi) is 4.49. The van der Waals surface area contributed by atoms with Crippen molar-refractivity contribution in [1.29, 1.82) is 0 Å². The standard InChI is InChI=1S/C15H16FNO2S/c1-10(18)14-7-11(16)9-17(2)15(14)19-12-5-4-6-13(8-12)20-3/h4-9,15H,1-3H3. The molecule has 20 heavy (non-hydrogen) atoms. The summed E-state index contributed by atoms with van der Waals surface area (Å²) in [5.41, 5.74) is 0.307. The molecule has 1 unspecified atom stereocenters. The van der Waals surface area contributed by atoms with E-state index in [1.54, 1.807) is 23.7 Å². The summed E-state index contributed by atoms with van der Waals surface area (Å²) in [4.78, 5) is 14.3. The number of halogens is 1. The summed E-state index contributed by atoms with van der Waals surface area (Å²) in [6.45, 7) is 1.41. The first kappa shape index (κ1) is 14.7. The van der Waals surface area contributed by atoms with Crippen LogP contribution in [0.3, 0.4) is 0 Å². The highest BCUT2D eigenvalue weighted by atomic mass is 32.2. The van der Waals surface area contributed by atoms with Crippen LogP contribution in [-0.4, -0.2) is 30.2 Å². The summed E-state index contributed by atoms with van der Waals surface area (Å²) in [6.07, 6.45) is 3.91. The highest BCUT2D eigenvalue weighted by molar-refractivity contribution is 7.98. The SMILES string of the molecule is CSc1cccc(OC2C(C(C)=O)=CC(F)=CN2C)c1. The van der Waals surface area contributed by atoms with E-state index in [9.17, 15) is 9.18 Å². The zero-order valence-corrected chi connectivity index (χ0v) is 12.4. The quantitative estimate of drug-likeness (QED) is 0.796. The van der Waals surface area contributed by atoms with E-state index in [-0.39, 0.29) is 5.78 Å². The Bertz CT molecular complexity index is 583. The molecule has 0 spiro atoms. The molecule has 1 aliphatic rings. The Labute approximate surface area is 122 Å². The molecule has 1 atom stereocenters. The van der Waals surface area contributed by atoms with Crippen molar-refractivity contribution in [2.45, 2.75) is 18.0 Å². The van der Waals surface area contributed by atoms with Crippen molar-refractivity contribution in [1.82, 2.24) is 4.90 Å². The van der Waals surface area contributed by atoms with Gasteiger partial charge in [-0.05, 0) is 37.5 Å². The highest BCUT2D eigenvalue weighted by Crippen LogP contribution is 2.26. The van der Waals surface area contributed by atoms with Crippen molar-refractivity contribution in [3.05, 3.63) is 47.9 Å². The number of Topliss-reactive ketones (excluding diaryl/α,β-unsaturated/α-hetero) is 1. The molecule has 0 amide bonds. The van der Waals surface area contributed by atoms with Crippen molar-refractivity contribution in [3.63, 3.8) is 0 Å². The number of benzene rings is 1. The highest BCUT2D eigenvalue weighted by Gasteiger charge is 2.27. The van der Waals surface area contributed by atoms with Crippen LogP contribution in [0.4, 0.5) is 4.39 Å². The van der Waals surface area contributed by atoms with Gasteiger partial charge in [-0.2, -0.15) is 0 Å². The molecule has 2 rings (SSSR count). The van der Waals surface area contributed by atoms with E-state index in [1.165, 1.54) is 19.2 Å². The van der Waals surface area contributed by atoms with Crippen molar-refractivity contribution in [2.75, 3.05) is 13.3 Å². The average molecular weight is 293 g/mol. The predicted octanol–water partition coefficient (Wildman–Crippen LogP) is 3.39. The second kappa shape index (κ2) is 6.13. The number of thioether (sulfide) groups is 1. The Morgan fingerprint density at radius 3 is 2.85 bits per heavy atom. The molecular weight excluding hydrogens is 277 g/mol. The predicted molar refractivity (Wildman–Crippen MR) is 78.4 cm³/mol. The van der Waals surface area contributed by atoms with Gasteiger partial charge in [-0.15, -0.1) is 11.8 Å². The van der Waals surface area contributed by atoms with Crippen LogP contribution in [0.15, 0.2) is 52.8 Å². The molecule has 1 heterocycles. The van der Waals surface area contributed by atoms with Gasteiger partial charge in [0.1, 0.15) is 11.6 Å². The molecule has 0 aromatic heterocycles. The van der Waals surface area contributed by atoms with Gasteiger partial charge in [0.2, 0.25) is 6.23 Å². The number of allylic oxidation sites excluding steroid dienone is 2. The van der Waals surface area contributed by atoms with Crippen LogP contribution in [0.2, 0.25) is 0 Å². The van der Waals surface area contributed by atoms with Gasteiger partial charge in [-0.1, -0.05) is 6.07 Å². The Balaban J connectivity index is 2.26. The molecule has 5 heteroatoms. The maximum absolute atomic E-state index is 13.4. The number of hydrogen-bond acceptors (Lipinski definition) is 4. The molecule has 0 bridgehead atoms. The molecule has 1 aromatic rings. The number of hydrogen-bond donors (Lipinski definition) is 0. The minimum absolute atomic E-state index is 0.203. The maximum atomic E-state index is 13.4. The molecule has 0 fully saturated rings. The zero-order valence-electron chi connectivity index (χ0n) is 11.6. The van der Waals surface area contributed by atoms with E-state index in [4.69, 9.17) is 4.74 Å². The van der Waals surface area contributed by atoms with Gasteiger partial charge in [0, 0.05) is 18.1 Å². The van der Waals surface area contributed by atoms with Crippen LogP contribution in [0.25, 0.3) is 0 Å². The Morgan fingerprint density at radius 2 is 2.20 bits per heavy atom. The number of carbonyl (C=O) groups excluding carboxylic acids is 1. The Morgan fingerprint density at radius 1 is 1.45 bits per heavy atom. The summed E-state index contributed by atoms with van der Waals surface area (Å²) in [7, 11) is 1.68. The number of rotatable bonds is 4. The first-order chi connectivity index (χ1) is 9.51. The number of carbonyl (C=O) groups is 1. The van der Waals surface area contributed by atoms with E-state index in [0.717, 1.165) is 4.90 Å². The number of ether oxygens (including phenoxy) is 1. The maximum Gasteiger partial charge on any atom is 0.201 e. The fraction of sp³-hybridized carbons (Fsp3) is 0.267. The summed E-state index contributed by atoms with van der Waals surface area (Å²) < 4.78 is 19.3. The van der Waals surface area contributed by atoms with Gasteiger partial charge in [0.25, 0.3) is 0 Å². The molecule has 0 saturated heterocycles. The van der Waals surface area contributed by atoms with Crippen molar-refractivity contribution >= 4 is 17.5 Å². The van der Waals surface area contributed by atoms with E-state index in [1.807, 2.05) is 30.5 Å². The van der Waals surface area contributed by atoms with Crippen molar-refractivity contribution < 1.29 is 13.9 Å². The topological polar surface area (TPSA) is 29.5 Å². The molecular formula is C15H16FNO2S. The minimum Gasteiger partial charge on any atom is -0.466 e. The summed E-state index contributed by atoms with van der Waals surface area (Å²) in [6, 6.07) is 7.58. The van der Waals surface area contributed by atoms with Crippen LogP contribution in [0.5, 0.6) is 5.75 Å². The second-order valence-corrected chi connectivity index (χ2v) is 5.36. The molecule has 1 aromatic carbocycles. The second-order valence-electron chi connectivity index (χ2n) is 4.48. The molecule has 0 saturated carbocycles. The molecule has 1 aliphatic heterocycles. The third-order valence-corrected chi connectivity index (χ3v) is 3.68. The van der Waals surface area contributed by atoms with Crippen molar-refractivity contribution in [3.8, 4) is 5.75 Å². The first-order valence-corrected chi connectivity index (χ1v) is 7.36. The lowest BCUT2D eigenvalue weighted by Crippen LogP contribution is -2.38. The van der Waals surface area contributed by atoms with Gasteiger partial charge < -0.3 is 9.64 Å². The van der Waals surface area contributed by atoms with E-state index < -0.39 is 12.1 Å². The zero-order chi connectivity index (χ0) is 14.7. The summed E-state index contributed by atoms with van der Waals surface area (Å²) in [5.74, 6) is -0.00177. The number of likely N-dealkylation sites (N-methyl/N-ethyl adjacent to an activating group) is 1. The molecule has 0 N–H and O–H groups in total. The van der Waals surface area contributed by atoms with Crippen LogP contribution >= 0.6 is 11.8 Å². The van der Waals surface area contributed by atoms with Crippen LogP contribution in [-0.2, 0) is 4.79 Å². The number of ketones is 1. The van der Waals surface area contributed by atoms with E-state index in [0.29, 0.717) is 11.3 Å². The van der Waals surface area contributed by atoms with Crippen LogP contribution < -0.4 is 4.74 Å². The smallest absolute Gasteiger partial charge is 0.201 e. The van der Waals surface area contributed by atoms with Gasteiger partial charge in [0.05, 0.1) is 5.57 Å².